The number of rotatable bonds is 8. The van der Waals surface area contributed by atoms with Crippen molar-refractivity contribution in [2.45, 2.75) is 31.8 Å². The quantitative estimate of drug-likeness (QED) is 0.263. The predicted molar refractivity (Wildman–Crippen MR) is 123 cm³/mol. The summed E-state index contributed by atoms with van der Waals surface area (Å²) < 4.78 is 28.1. The second-order valence-corrected chi connectivity index (χ2v) is 8.23. The van der Waals surface area contributed by atoms with E-state index in [2.05, 4.69) is 15.6 Å². The molecule has 0 fully saturated rings. The van der Waals surface area contributed by atoms with E-state index in [9.17, 15) is 18.4 Å². The minimum Gasteiger partial charge on any atom is -0.344 e. The highest BCUT2D eigenvalue weighted by molar-refractivity contribution is 5.94. The molecular formula is C25H23F2N5O3. The van der Waals surface area contributed by atoms with E-state index in [1.165, 1.54) is 10.7 Å². The molecule has 3 aromatic carbocycles. The van der Waals surface area contributed by atoms with Gasteiger partial charge in [0.2, 0.25) is 5.91 Å². The monoisotopic (exact) mass is 479 g/mol. The van der Waals surface area contributed by atoms with Gasteiger partial charge in [-0.3, -0.25) is 14.8 Å². The maximum atomic E-state index is 13.5. The third-order valence-electron chi connectivity index (χ3n) is 5.71. The standard InChI is InChI=1S/C25H23F2N5O3/c1-15(28-25(34)19-8-9-21(26)22(27)12-19)23-14-32(31-29-23)20(13-24(33)30-35)11-16-6-7-17-4-2-3-5-18(17)10-16/h2-10,12,14-15,20,35H,11,13H2,1H3,(H,28,34)(H,30,33)/t15-,20-/m1/s1. The summed E-state index contributed by atoms with van der Waals surface area (Å²) in [5.74, 6) is -3.33. The fraction of sp³-hybridized carbons (Fsp3) is 0.200. The summed E-state index contributed by atoms with van der Waals surface area (Å²) in [6.45, 7) is 1.67. The average molecular weight is 479 g/mol. The molecule has 0 radical (unpaired) electrons. The molecule has 0 saturated heterocycles. The van der Waals surface area contributed by atoms with Gasteiger partial charge in [-0.1, -0.05) is 47.7 Å². The fourth-order valence-electron chi connectivity index (χ4n) is 3.82. The summed E-state index contributed by atoms with van der Waals surface area (Å²) in [5.41, 5.74) is 3.00. The Kier molecular flexibility index (Phi) is 7.11. The number of benzene rings is 3. The van der Waals surface area contributed by atoms with Gasteiger partial charge in [0, 0.05) is 5.56 Å². The van der Waals surface area contributed by atoms with Crippen molar-refractivity contribution >= 4 is 22.6 Å². The third-order valence-corrected chi connectivity index (χ3v) is 5.71. The third kappa shape index (κ3) is 5.67. The highest BCUT2D eigenvalue weighted by atomic mass is 19.2. The molecule has 4 aromatic rings. The van der Waals surface area contributed by atoms with E-state index in [1.807, 2.05) is 42.5 Å². The molecule has 1 aromatic heterocycles. The van der Waals surface area contributed by atoms with Crippen molar-refractivity contribution in [3.63, 3.8) is 0 Å². The molecule has 0 aliphatic carbocycles. The Bertz CT molecular complexity index is 1370. The van der Waals surface area contributed by atoms with Crippen molar-refractivity contribution < 1.29 is 23.6 Å². The molecule has 180 valence electrons. The highest BCUT2D eigenvalue weighted by Gasteiger charge is 2.21. The number of amides is 2. The SMILES string of the molecule is C[C@@H](NC(=O)c1ccc(F)c(F)c1)c1cn([C@@H](CC(=O)NO)Cc2ccc3ccccc3c2)nn1. The number of nitrogens with zero attached hydrogens (tertiary/aromatic N) is 3. The molecule has 4 rings (SSSR count). The van der Waals surface area contributed by atoms with E-state index < -0.39 is 35.5 Å². The number of hydrogen-bond acceptors (Lipinski definition) is 5. The van der Waals surface area contributed by atoms with Gasteiger partial charge >= 0.3 is 0 Å². The van der Waals surface area contributed by atoms with Crippen molar-refractivity contribution in [1.82, 2.24) is 25.8 Å². The largest absolute Gasteiger partial charge is 0.344 e. The molecule has 8 nitrogen and oxygen atoms in total. The molecular weight excluding hydrogens is 456 g/mol. The van der Waals surface area contributed by atoms with E-state index in [4.69, 9.17) is 5.21 Å². The summed E-state index contributed by atoms with van der Waals surface area (Å²) in [4.78, 5) is 24.4. The Morgan fingerprint density at radius 2 is 1.80 bits per heavy atom. The zero-order valence-electron chi connectivity index (χ0n) is 18.8. The lowest BCUT2D eigenvalue weighted by Crippen LogP contribution is -2.27. The number of aromatic nitrogens is 3. The van der Waals surface area contributed by atoms with E-state index in [-0.39, 0.29) is 12.0 Å². The smallest absolute Gasteiger partial charge is 0.251 e. The van der Waals surface area contributed by atoms with E-state index in [1.54, 1.807) is 18.6 Å². The Hall–Kier alpha value is -4.18. The second kappa shape index (κ2) is 10.4. The van der Waals surface area contributed by atoms with Gasteiger partial charge in [-0.25, -0.2) is 18.9 Å². The highest BCUT2D eigenvalue weighted by Crippen LogP contribution is 2.23. The molecule has 1 heterocycles. The predicted octanol–water partition coefficient (Wildman–Crippen LogP) is 3.88. The Balaban J connectivity index is 1.52. The van der Waals surface area contributed by atoms with Gasteiger partial charge in [0.05, 0.1) is 24.7 Å². The minimum atomic E-state index is -1.12. The molecule has 2 amide bonds. The van der Waals surface area contributed by atoms with Crippen molar-refractivity contribution in [3.8, 4) is 0 Å². The van der Waals surface area contributed by atoms with Crippen molar-refractivity contribution in [3.05, 3.63) is 95.3 Å². The topological polar surface area (TPSA) is 109 Å². The van der Waals surface area contributed by atoms with Crippen LogP contribution in [0.25, 0.3) is 10.8 Å². The molecule has 0 saturated carbocycles. The van der Waals surface area contributed by atoms with Gasteiger partial charge < -0.3 is 5.32 Å². The number of nitrogens with one attached hydrogen (secondary N) is 2. The van der Waals surface area contributed by atoms with Crippen LogP contribution in [-0.2, 0) is 11.2 Å². The molecule has 35 heavy (non-hydrogen) atoms. The van der Waals surface area contributed by atoms with Crippen LogP contribution < -0.4 is 10.8 Å². The zero-order chi connectivity index (χ0) is 24.9. The van der Waals surface area contributed by atoms with Crippen LogP contribution in [0, 0.1) is 11.6 Å². The molecule has 3 N–H and O–H groups in total. The Morgan fingerprint density at radius 3 is 2.54 bits per heavy atom. The Labute approximate surface area is 199 Å². The molecule has 0 bridgehead atoms. The van der Waals surface area contributed by atoms with Crippen molar-refractivity contribution in [2.75, 3.05) is 0 Å². The summed E-state index contributed by atoms with van der Waals surface area (Å²) >= 11 is 0. The summed E-state index contributed by atoms with van der Waals surface area (Å²) in [6.07, 6.45) is 1.99. The summed E-state index contributed by atoms with van der Waals surface area (Å²) in [5, 5.41) is 22.1. The van der Waals surface area contributed by atoms with Crippen LogP contribution >= 0.6 is 0 Å². The Morgan fingerprint density at radius 1 is 1.03 bits per heavy atom. The lowest BCUT2D eigenvalue weighted by molar-refractivity contribution is -0.130. The van der Waals surface area contributed by atoms with Crippen molar-refractivity contribution in [1.29, 1.82) is 0 Å². The van der Waals surface area contributed by atoms with E-state index >= 15 is 0 Å². The second-order valence-electron chi connectivity index (χ2n) is 8.23. The maximum Gasteiger partial charge on any atom is 0.251 e. The molecule has 2 atom stereocenters. The lowest BCUT2D eigenvalue weighted by Gasteiger charge is -2.17. The van der Waals surface area contributed by atoms with Gasteiger partial charge in [0.15, 0.2) is 11.6 Å². The number of carbonyl (C=O) groups is 2. The van der Waals surface area contributed by atoms with Crippen LogP contribution in [0.2, 0.25) is 0 Å². The van der Waals surface area contributed by atoms with E-state index in [0.717, 1.165) is 28.5 Å². The van der Waals surface area contributed by atoms with Gasteiger partial charge in [-0.15, -0.1) is 5.10 Å². The molecule has 10 heteroatoms. The molecule has 0 spiro atoms. The lowest BCUT2D eigenvalue weighted by atomic mass is 10.00. The van der Waals surface area contributed by atoms with Crippen LogP contribution in [0.1, 0.15) is 47.0 Å². The van der Waals surface area contributed by atoms with Gasteiger partial charge in [0.25, 0.3) is 5.91 Å². The van der Waals surface area contributed by atoms with Crippen molar-refractivity contribution in [2.24, 2.45) is 0 Å². The first-order chi connectivity index (χ1) is 16.8. The van der Waals surface area contributed by atoms with Crippen LogP contribution in [0.4, 0.5) is 8.78 Å². The van der Waals surface area contributed by atoms with Crippen LogP contribution in [0.3, 0.4) is 0 Å². The molecule has 0 aliphatic heterocycles. The maximum absolute atomic E-state index is 13.5. The van der Waals surface area contributed by atoms with Gasteiger partial charge in [-0.2, -0.15) is 0 Å². The normalized spacial score (nSPS) is 12.8. The number of halogens is 2. The number of carbonyl (C=O) groups excluding carboxylic acids is 2. The zero-order valence-corrected chi connectivity index (χ0v) is 18.8. The first-order valence-corrected chi connectivity index (χ1v) is 10.9. The fourth-order valence-corrected chi connectivity index (χ4v) is 3.82. The number of hydrogen-bond donors (Lipinski definition) is 3. The molecule has 0 aliphatic rings. The first-order valence-electron chi connectivity index (χ1n) is 10.9. The van der Waals surface area contributed by atoms with E-state index in [0.29, 0.717) is 12.1 Å². The number of hydroxylamine groups is 1. The van der Waals surface area contributed by atoms with Crippen LogP contribution in [-0.4, -0.2) is 32.0 Å². The van der Waals surface area contributed by atoms with Gasteiger partial charge in [-0.05, 0) is 47.9 Å². The first kappa shape index (κ1) is 24.0. The number of fused-ring (bicyclic) bond motifs is 1. The molecule has 0 unspecified atom stereocenters. The van der Waals surface area contributed by atoms with Crippen LogP contribution in [0.15, 0.2) is 66.9 Å². The summed E-state index contributed by atoms with van der Waals surface area (Å²) in [7, 11) is 0. The van der Waals surface area contributed by atoms with Gasteiger partial charge in [0.1, 0.15) is 5.69 Å². The average Bonchev–Trinajstić information content (AvgIpc) is 3.35. The minimum absolute atomic E-state index is 0.0306. The summed E-state index contributed by atoms with van der Waals surface area (Å²) in [6, 6.07) is 15.7. The van der Waals surface area contributed by atoms with Crippen LogP contribution in [0.5, 0.6) is 0 Å².